The zero-order valence-electron chi connectivity index (χ0n) is 10.8. The molecule has 1 amide bonds. The normalized spacial score (nSPS) is 35.5. The standard InChI is InChI=1S/C13H21N3O/c1-4-14-13-15-11(12(17)16-13)10-6-8(2)5-9(3)7-10/h5,8,10-11H,4,6-7H2,1-3H3,(H2,14,15,16,17). The molecule has 2 aliphatic rings. The summed E-state index contributed by atoms with van der Waals surface area (Å²) in [6.45, 7) is 7.01. The predicted octanol–water partition coefficient (Wildman–Crippen LogP) is 1.44. The third-order valence-corrected chi connectivity index (χ3v) is 3.43. The molecule has 0 aromatic rings. The molecule has 1 saturated heterocycles. The van der Waals surface area contributed by atoms with Gasteiger partial charge in [-0.1, -0.05) is 18.6 Å². The van der Waals surface area contributed by atoms with E-state index in [0.717, 1.165) is 12.8 Å². The summed E-state index contributed by atoms with van der Waals surface area (Å²) in [5.74, 6) is 1.67. The average Bonchev–Trinajstić information content (AvgIpc) is 2.58. The lowest BCUT2D eigenvalue weighted by Gasteiger charge is -2.28. The second kappa shape index (κ2) is 4.90. The Labute approximate surface area is 103 Å². The Morgan fingerprint density at radius 2 is 2.29 bits per heavy atom. The van der Waals surface area contributed by atoms with Gasteiger partial charge in [-0.3, -0.25) is 15.1 Å². The van der Waals surface area contributed by atoms with E-state index in [9.17, 15) is 4.79 Å². The number of nitrogens with zero attached hydrogens (tertiary/aromatic N) is 1. The first-order valence-corrected chi connectivity index (χ1v) is 6.39. The molecule has 1 aliphatic carbocycles. The van der Waals surface area contributed by atoms with Crippen LogP contribution in [0.4, 0.5) is 0 Å². The van der Waals surface area contributed by atoms with Gasteiger partial charge in [-0.05, 0) is 38.5 Å². The molecule has 0 aromatic heterocycles. The van der Waals surface area contributed by atoms with Gasteiger partial charge in [-0.15, -0.1) is 0 Å². The Bertz CT molecular complexity index is 373. The molecule has 2 rings (SSSR count). The lowest BCUT2D eigenvalue weighted by Crippen LogP contribution is -2.39. The quantitative estimate of drug-likeness (QED) is 0.712. The molecule has 4 nitrogen and oxygen atoms in total. The van der Waals surface area contributed by atoms with Gasteiger partial charge >= 0.3 is 0 Å². The molecule has 0 aromatic carbocycles. The minimum atomic E-state index is -0.105. The molecular weight excluding hydrogens is 214 g/mol. The third-order valence-electron chi connectivity index (χ3n) is 3.43. The number of guanidine groups is 1. The molecule has 17 heavy (non-hydrogen) atoms. The van der Waals surface area contributed by atoms with E-state index in [0.29, 0.717) is 24.3 Å². The second-order valence-electron chi connectivity index (χ2n) is 5.12. The van der Waals surface area contributed by atoms with Crippen molar-refractivity contribution in [2.75, 3.05) is 6.54 Å². The van der Waals surface area contributed by atoms with Crippen molar-refractivity contribution in [3.05, 3.63) is 11.6 Å². The average molecular weight is 235 g/mol. The van der Waals surface area contributed by atoms with Gasteiger partial charge in [0.15, 0.2) is 5.96 Å². The molecule has 0 radical (unpaired) electrons. The molecule has 1 aliphatic heterocycles. The van der Waals surface area contributed by atoms with Gasteiger partial charge in [0.25, 0.3) is 0 Å². The summed E-state index contributed by atoms with van der Waals surface area (Å²) in [5.41, 5.74) is 1.39. The van der Waals surface area contributed by atoms with Crippen LogP contribution in [-0.4, -0.2) is 24.5 Å². The van der Waals surface area contributed by atoms with E-state index in [1.165, 1.54) is 5.57 Å². The summed E-state index contributed by atoms with van der Waals surface area (Å²) in [4.78, 5) is 16.1. The number of rotatable bonds is 2. The molecule has 3 unspecified atom stereocenters. The summed E-state index contributed by atoms with van der Waals surface area (Å²) in [7, 11) is 0. The van der Waals surface area contributed by atoms with Crippen LogP contribution in [0.5, 0.6) is 0 Å². The lowest BCUT2D eigenvalue weighted by atomic mass is 9.79. The van der Waals surface area contributed by atoms with E-state index < -0.39 is 0 Å². The van der Waals surface area contributed by atoms with Crippen molar-refractivity contribution < 1.29 is 4.79 Å². The summed E-state index contributed by atoms with van der Waals surface area (Å²) >= 11 is 0. The molecule has 3 atom stereocenters. The second-order valence-corrected chi connectivity index (χ2v) is 5.12. The zero-order chi connectivity index (χ0) is 12.4. The van der Waals surface area contributed by atoms with Crippen LogP contribution in [0, 0.1) is 11.8 Å². The fourth-order valence-electron chi connectivity index (χ4n) is 2.87. The van der Waals surface area contributed by atoms with Crippen molar-refractivity contribution >= 4 is 11.9 Å². The first-order valence-electron chi connectivity index (χ1n) is 6.39. The van der Waals surface area contributed by atoms with Gasteiger partial charge in [0.1, 0.15) is 6.04 Å². The Kier molecular flexibility index (Phi) is 3.50. The topological polar surface area (TPSA) is 53.5 Å². The van der Waals surface area contributed by atoms with Crippen LogP contribution in [0.2, 0.25) is 0 Å². The molecule has 0 bridgehead atoms. The molecule has 0 spiro atoms. The molecule has 2 N–H and O–H groups in total. The highest BCUT2D eigenvalue weighted by molar-refractivity contribution is 6.06. The van der Waals surface area contributed by atoms with Gasteiger partial charge < -0.3 is 5.32 Å². The first-order chi connectivity index (χ1) is 8.10. The Morgan fingerprint density at radius 1 is 1.53 bits per heavy atom. The van der Waals surface area contributed by atoms with E-state index in [1.807, 2.05) is 6.92 Å². The fourth-order valence-corrected chi connectivity index (χ4v) is 2.87. The number of aliphatic imine (C=N–C) groups is 1. The van der Waals surface area contributed by atoms with Crippen molar-refractivity contribution in [2.24, 2.45) is 16.8 Å². The van der Waals surface area contributed by atoms with E-state index >= 15 is 0 Å². The first kappa shape index (κ1) is 12.1. The maximum atomic E-state index is 11.9. The predicted molar refractivity (Wildman–Crippen MR) is 68.7 cm³/mol. The van der Waals surface area contributed by atoms with Crippen LogP contribution < -0.4 is 10.6 Å². The Morgan fingerprint density at radius 3 is 2.94 bits per heavy atom. The molecular formula is C13H21N3O. The van der Waals surface area contributed by atoms with Crippen LogP contribution in [0.3, 0.4) is 0 Å². The molecule has 4 heteroatoms. The van der Waals surface area contributed by atoms with Gasteiger partial charge in [0.2, 0.25) is 5.91 Å². The zero-order valence-corrected chi connectivity index (χ0v) is 10.8. The molecule has 94 valence electrons. The fraction of sp³-hybridized carbons (Fsp3) is 0.692. The highest BCUT2D eigenvalue weighted by Gasteiger charge is 2.36. The number of nitrogens with one attached hydrogen (secondary N) is 2. The van der Waals surface area contributed by atoms with Crippen LogP contribution in [0.25, 0.3) is 0 Å². The van der Waals surface area contributed by atoms with Gasteiger partial charge in [-0.2, -0.15) is 0 Å². The number of allylic oxidation sites excluding steroid dienone is 2. The number of hydrogen-bond acceptors (Lipinski definition) is 2. The number of hydrogen-bond donors (Lipinski definition) is 2. The van der Waals surface area contributed by atoms with Crippen molar-refractivity contribution in [1.82, 2.24) is 10.6 Å². The maximum absolute atomic E-state index is 11.9. The molecule has 0 saturated carbocycles. The Hall–Kier alpha value is -1.32. The monoisotopic (exact) mass is 235 g/mol. The van der Waals surface area contributed by atoms with Crippen LogP contribution in [0.1, 0.15) is 33.6 Å². The molecule has 1 fully saturated rings. The van der Waals surface area contributed by atoms with Crippen molar-refractivity contribution in [2.45, 2.75) is 39.7 Å². The summed E-state index contributed by atoms with van der Waals surface area (Å²) in [6.07, 6.45) is 4.39. The van der Waals surface area contributed by atoms with E-state index in [4.69, 9.17) is 0 Å². The van der Waals surface area contributed by atoms with Crippen LogP contribution in [-0.2, 0) is 4.79 Å². The third kappa shape index (κ3) is 2.68. The van der Waals surface area contributed by atoms with E-state index in [1.54, 1.807) is 0 Å². The minimum Gasteiger partial charge on any atom is -0.344 e. The van der Waals surface area contributed by atoms with Gasteiger partial charge in [0.05, 0.1) is 0 Å². The van der Waals surface area contributed by atoms with Crippen LogP contribution >= 0.6 is 0 Å². The maximum Gasteiger partial charge on any atom is 0.249 e. The largest absolute Gasteiger partial charge is 0.344 e. The number of amides is 1. The highest BCUT2D eigenvalue weighted by Crippen LogP contribution is 2.30. The van der Waals surface area contributed by atoms with E-state index in [2.05, 4.69) is 35.5 Å². The smallest absolute Gasteiger partial charge is 0.249 e. The SMILES string of the molecule is CCN=C1NC(=O)C(C2CC(C)=CC(C)C2)N1. The van der Waals surface area contributed by atoms with Crippen molar-refractivity contribution in [1.29, 1.82) is 0 Å². The Balaban J connectivity index is 2.06. The highest BCUT2D eigenvalue weighted by atomic mass is 16.2. The van der Waals surface area contributed by atoms with Gasteiger partial charge in [0, 0.05) is 6.54 Å². The summed E-state index contributed by atoms with van der Waals surface area (Å²) in [5, 5.41) is 6.03. The number of carbonyl (C=O) groups is 1. The molecule has 1 heterocycles. The van der Waals surface area contributed by atoms with Gasteiger partial charge in [-0.25, -0.2) is 0 Å². The lowest BCUT2D eigenvalue weighted by molar-refractivity contribution is -0.121. The van der Waals surface area contributed by atoms with Crippen molar-refractivity contribution in [3.63, 3.8) is 0 Å². The van der Waals surface area contributed by atoms with Crippen LogP contribution in [0.15, 0.2) is 16.6 Å². The summed E-state index contributed by atoms with van der Waals surface area (Å²) in [6, 6.07) is -0.105. The number of carbonyl (C=O) groups excluding carboxylic acids is 1. The minimum absolute atomic E-state index is 0.0732. The summed E-state index contributed by atoms with van der Waals surface area (Å²) < 4.78 is 0. The van der Waals surface area contributed by atoms with Crippen molar-refractivity contribution in [3.8, 4) is 0 Å². The van der Waals surface area contributed by atoms with E-state index in [-0.39, 0.29) is 11.9 Å².